The number of hydrogen-bond acceptors (Lipinski definition) is 5. The maximum Gasteiger partial charge on any atom is 0.407 e. The molecule has 0 aromatic heterocycles. The number of rotatable bonds is 6. The lowest BCUT2D eigenvalue weighted by atomic mass is 9.99. The highest BCUT2D eigenvalue weighted by molar-refractivity contribution is 5.69. The number of aromatic hydroxyl groups is 1. The normalized spacial score (nSPS) is 12.8. The molecule has 0 amide bonds. The minimum Gasteiger partial charge on any atom is -0.504 e. The zero-order chi connectivity index (χ0) is 16.9. The second kappa shape index (κ2) is 7.35. The molecule has 0 fully saturated rings. The van der Waals surface area contributed by atoms with E-state index in [0.717, 1.165) is 6.07 Å². The van der Waals surface area contributed by atoms with Gasteiger partial charge in [0.15, 0.2) is 11.5 Å². The molecule has 0 spiro atoms. The average molecular weight is 321 g/mol. The van der Waals surface area contributed by atoms with Gasteiger partial charge in [0.25, 0.3) is 0 Å². The molecule has 0 radical (unpaired) electrons. The molecule has 1 aromatic carbocycles. The molecule has 3 N–H and O–H groups in total. The number of nitrogens with two attached hydrogens (primary N) is 1. The van der Waals surface area contributed by atoms with Gasteiger partial charge in [-0.3, -0.25) is 4.79 Å². The first-order chi connectivity index (χ1) is 10.2. The fraction of sp³-hybridized carbons (Fsp3) is 0.500. The first-order valence-electron chi connectivity index (χ1n) is 6.58. The van der Waals surface area contributed by atoms with E-state index in [2.05, 4.69) is 0 Å². The number of phenols is 1. The van der Waals surface area contributed by atoms with Crippen LogP contribution in [0.3, 0.4) is 0 Å². The number of aryl methyl sites for hydroxylation is 1. The molecule has 22 heavy (non-hydrogen) atoms. The highest BCUT2D eigenvalue weighted by Crippen LogP contribution is 2.40. The zero-order valence-corrected chi connectivity index (χ0v) is 12.2. The number of phenolic OH excluding ortho intramolecular Hbond substituents is 1. The summed E-state index contributed by atoms with van der Waals surface area (Å²) in [6.07, 6.45) is -4.56. The van der Waals surface area contributed by atoms with Crippen molar-refractivity contribution in [3.8, 4) is 11.5 Å². The molecule has 1 rings (SSSR count). The molecule has 0 aliphatic heterocycles. The van der Waals surface area contributed by atoms with Crippen molar-refractivity contribution < 1.29 is 32.5 Å². The maximum atomic E-state index is 12.7. The van der Waals surface area contributed by atoms with E-state index < -0.39 is 29.5 Å². The Bertz CT molecular complexity index is 532. The van der Waals surface area contributed by atoms with Crippen molar-refractivity contribution in [2.75, 3.05) is 13.7 Å². The first kappa shape index (κ1) is 18.1. The van der Waals surface area contributed by atoms with E-state index in [-0.39, 0.29) is 25.2 Å². The van der Waals surface area contributed by atoms with Crippen LogP contribution >= 0.6 is 0 Å². The number of halogens is 3. The van der Waals surface area contributed by atoms with Crippen LogP contribution in [-0.2, 0) is 16.0 Å². The Morgan fingerprint density at radius 3 is 2.55 bits per heavy atom. The fourth-order valence-electron chi connectivity index (χ4n) is 1.88. The quantitative estimate of drug-likeness (QED) is 0.787. The van der Waals surface area contributed by atoms with Crippen LogP contribution < -0.4 is 10.5 Å². The van der Waals surface area contributed by atoms with Crippen molar-refractivity contribution in [1.82, 2.24) is 0 Å². The van der Waals surface area contributed by atoms with Crippen LogP contribution in [0.25, 0.3) is 0 Å². The Morgan fingerprint density at radius 2 is 2.05 bits per heavy atom. The van der Waals surface area contributed by atoms with E-state index >= 15 is 0 Å². The number of benzene rings is 1. The second-order valence-corrected chi connectivity index (χ2v) is 4.56. The SMILES string of the molecule is CCOC(=O)CCc1cc(OC)c(O)c([C@@H](N)C(F)(F)F)c1. The van der Waals surface area contributed by atoms with Crippen molar-refractivity contribution in [3.05, 3.63) is 23.3 Å². The molecule has 5 nitrogen and oxygen atoms in total. The summed E-state index contributed by atoms with van der Waals surface area (Å²) in [7, 11) is 1.22. The molecular weight excluding hydrogens is 303 g/mol. The van der Waals surface area contributed by atoms with Gasteiger partial charge < -0.3 is 20.3 Å². The molecule has 1 atom stereocenters. The van der Waals surface area contributed by atoms with Gasteiger partial charge in [0, 0.05) is 12.0 Å². The molecule has 0 bridgehead atoms. The lowest BCUT2D eigenvalue weighted by Crippen LogP contribution is -2.28. The molecule has 0 heterocycles. The average Bonchev–Trinajstić information content (AvgIpc) is 2.44. The summed E-state index contributed by atoms with van der Waals surface area (Å²) in [5.41, 5.74) is 5.03. The summed E-state index contributed by atoms with van der Waals surface area (Å²) in [4.78, 5) is 11.3. The van der Waals surface area contributed by atoms with E-state index in [0.29, 0.717) is 5.56 Å². The van der Waals surface area contributed by atoms with Gasteiger partial charge in [-0.2, -0.15) is 13.2 Å². The summed E-state index contributed by atoms with van der Waals surface area (Å²) in [5, 5.41) is 9.81. The van der Waals surface area contributed by atoms with Gasteiger partial charge in [0.2, 0.25) is 0 Å². The van der Waals surface area contributed by atoms with Crippen LogP contribution in [-0.4, -0.2) is 31.0 Å². The van der Waals surface area contributed by atoms with Crippen LogP contribution in [0.15, 0.2) is 12.1 Å². The summed E-state index contributed by atoms with van der Waals surface area (Å²) in [6.45, 7) is 1.88. The molecule has 8 heteroatoms. The predicted molar refractivity (Wildman–Crippen MR) is 72.6 cm³/mol. The van der Waals surface area contributed by atoms with Crippen LogP contribution in [0.5, 0.6) is 11.5 Å². The fourth-order valence-corrected chi connectivity index (χ4v) is 1.88. The second-order valence-electron chi connectivity index (χ2n) is 4.56. The van der Waals surface area contributed by atoms with Crippen molar-refractivity contribution >= 4 is 5.97 Å². The summed E-state index contributed by atoms with van der Waals surface area (Å²) in [5.74, 6) is -1.25. The number of alkyl halides is 3. The number of methoxy groups -OCH3 is 1. The Morgan fingerprint density at radius 1 is 1.41 bits per heavy atom. The Labute approximate surface area is 125 Å². The summed E-state index contributed by atoms with van der Waals surface area (Å²) >= 11 is 0. The maximum absolute atomic E-state index is 12.7. The molecule has 0 saturated carbocycles. The van der Waals surface area contributed by atoms with Crippen molar-refractivity contribution in [1.29, 1.82) is 0 Å². The smallest absolute Gasteiger partial charge is 0.407 e. The number of ether oxygens (including phenoxy) is 2. The summed E-state index contributed by atoms with van der Waals surface area (Å²) < 4.78 is 47.8. The van der Waals surface area contributed by atoms with Crippen LogP contribution in [0.2, 0.25) is 0 Å². The minimum atomic E-state index is -4.71. The Hall–Kier alpha value is -1.96. The zero-order valence-electron chi connectivity index (χ0n) is 12.2. The first-order valence-corrected chi connectivity index (χ1v) is 6.58. The standard InChI is InChI=1S/C14H18F3NO4/c1-3-22-11(19)5-4-8-6-9(13(18)14(15,16)17)12(20)10(7-8)21-2/h6-7,13,20H,3-5,18H2,1-2H3/t13-/m1/s1. The molecule has 0 saturated heterocycles. The van der Waals surface area contributed by atoms with E-state index in [1.165, 1.54) is 13.2 Å². The van der Waals surface area contributed by atoms with Gasteiger partial charge in [-0.15, -0.1) is 0 Å². The number of carbonyl (C=O) groups is 1. The van der Waals surface area contributed by atoms with Gasteiger partial charge >= 0.3 is 12.1 Å². The van der Waals surface area contributed by atoms with E-state index in [9.17, 15) is 23.1 Å². The van der Waals surface area contributed by atoms with Crippen molar-refractivity contribution in [3.63, 3.8) is 0 Å². The predicted octanol–water partition coefficient (Wildman–Crippen LogP) is 2.46. The lowest BCUT2D eigenvalue weighted by molar-refractivity contribution is -0.149. The van der Waals surface area contributed by atoms with E-state index in [4.69, 9.17) is 15.2 Å². The molecule has 0 aliphatic carbocycles. The molecule has 124 valence electrons. The van der Waals surface area contributed by atoms with Gasteiger partial charge in [-0.1, -0.05) is 0 Å². The Balaban J connectivity index is 3.07. The molecule has 0 unspecified atom stereocenters. The third-order valence-corrected chi connectivity index (χ3v) is 2.99. The monoisotopic (exact) mass is 321 g/mol. The van der Waals surface area contributed by atoms with E-state index in [1.807, 2.05) is 0 Å². The van der Waals surface area contributed by atoms with Crippen LogP contribution in [0.4, 0.5) is 13.2 Å². The minimum absolute atomic E-state index is 0.00245. The summed E-state index contributed by atoms with van der Waals surface area (Å²) in [6, 6.07) is 0.139. The Kier molecular flexibility index (Phi) is 6.04. The van der Waals surface area contributed by atoms with Crippen molar-refractivity contribution in [2.24, 2.45) is 5.73 Å². The number of esters is 1. The molecule has 0 aliphatic rings. The largest absolute Gasteiger partial charge is 0.504 e. The van der Waals surface area contributed by atoms with Gasteiger partial charge in [-0.05, 0) is 31.0 Å². The molecular formula is C14H18F3NO4. The van der Waals surface area contributed by atoms with Gasteiger partial charge in [-0.25, -0.2) is 0 Å². The van der Waals surface area contributed by atoms with Gasteiger partial charge in [0.1, 0.15) is 6.04 Å². The highest BCUT2D eigenvalue weighted by atomic mass is 19.4. The van der Waals surface area contributed by atoms with Crippen molar-refractivity contribution in [2.45, 2.75) is 32.0 Å². The van der Waals surface area contributed by atoms with Crippen LogP contribution in [0, 0.1) is 0 Å². The third-order valence-electron chi connectivity index (χ3n) is 2.99. The van der Waals surface area contributed by atoms with Crippen LogP contribution in [0.1, 0.15) is 30.5 Å². The topological polar surface area (TPSA) is 81.8 Å². The lowest BCUT2D eigenvalue weighted by Gasteiger charge is -2.19. The molecule has 1 aromatic rings. The highest BCUT2D eigenvalue weighted by Gasteiger charge is 2.40. The number of carbonyl (C=O) groups excluding carboxylic acids is 1. The van der Waals surface area contributed by atoms with E-state index in [1.54, 1.807) is 6.92 Å². The van der Waals surface area contributed by atoms with Gasteiger partial charge in [0.05, 0.1) is 13.7 Å². The third kappa shape index (κ3) is 4.52. The number of hydrogen-bond donors (Lipinski definition) is 2.